The van der Waals surface area contributed by atoms with Gasteiger partial charge in [0.05, 0.1) is 7.11 Å². The summed E-state index contributed by atoms with van der Waals surface area (Å²) in [5, 5.41) is 0. The molecule has 1 aromatic heterocycles. The van der Waals surface area contributed by atoms with E-state index < -0.39 is 12.0 Å². The van der Waals surface area contributed by atoms with Gasteiger partial charge >= 0.3 is 6.18 Å². The van der Waals surface area contributed by atoms with Crippen LogP contribution >= 0.6 is 0 Å². The molecular formula is C9H12F3N3O. The Morgan fingerprint density at radius 1 is 1.50 bits per heavy atom. The molecule has 1 unspecified atom stereocenters. The second-order valence-corrected chi connectivity index (χ2v) is 3.29. The van der Waals surface area contributed by atoms with Crippen LogP contribution in [0.4, 0.5) is 13.2 Å². The van der Waals surface area contributed by atoms with Gasteiger partial charge in [0, 0.05) is 17.7 Å². The smallest absolute Gasteiger partial charge is 0.451 e. The lowest BCUT2D eigenvalue weighted by Crippen LogP contribution is -2.16. The van der Waals surface area contributed by atoms with Gasteiger partial charge in [-0.3, -0.25) is 0 Å². The molecule has 0 saturated heterocycles. The second-order valence-electron chi connectivity index (χ2n) is 3.29. The highest BCUT2D eigenvalue weighted by atomic mass is 19.4. The molecule has 0 saturated carbocycles. The summed E-state index contributed by atoms with van der Waals surface area (Å²) in [5.41, 5.74) is 5.89. The molecule has 0 amide bonds. The lowest BCUT2D eigenvalue weighted by atomic mass is 10.0. The van der Waals surface area contributed by atoms with Gasteiger partial charge in [-0.05, 0) is 6.54 Å². The summed E-state index contributed by atoms with van der Waals surface area (Å²) in [6.45, 7) is 2.04. The van der Waals surface area contributed by atoms with Gasteiger partial charge in [0.1, 0.15) is 0 Å². The van der Waals surface area contributed by atoms with Gasteiger partial charge in [0.15, 0.2) is 0 Å². The van der Waals surface area contributed by atoms with Crippen molar-refractivity contribution >= 4 is 0 Å². The number of ether oxygens (including phenoxy) is 1. The molecule has 0 aliphatic heterocycles. The standard InChI is InChI=1S/C9H12F3N3O/c1-5(3-13)6-4-14-8(9(10,11)12)15-7(6)16-2/h4-5H,3,13H2,1-2H3. The maximum atomic E-state index is 12.3. The lowest BCUT2D eigenvalue weighted by Gasteiger charge is -2.13. The molecule has 0 aliphatic rings. The highest BCUT2D eigenvalue weighted by molar-refractivity contribution is 5.28. The molecule has 0 aliphatic carbocycles. The molecule has 1 aromatic rings. The number of nitrogens with two attached hydrogens (primary N) is 1. The van der Waals surface area contributed by atoms with Crippen LogP contribution in [0.3, 0.4) is 0 Å². The minimum atomic E-state index is -4.57. The number of aromatic nitrogens is 2. The number of halogens is 3. The summed E-state index contributed by atoms with van der Waals surface area (Å²) in [7, 11) is 1.26. The molecule has 1 atom stereocenters. The third-order valence-electron chi connectivity index (χ3n) is 2.11. The monoisotopic (exact) mass is 235 g/mol. The summed E-state index contributed by atoms with van der Waals surface area (Å²) in [4.78, 5) is 6.57. The number of alkyl halides is 3. The first-order valence-electron chi connectivity index (χ1n) is 4.58. The quantitative estimate of drug-likeness (QED) is 0.863. The fourth-order valence-corrected chi connectivity index (χ4v) is 1.14. The number of nitrogens with zero attached hydrogens (tertiary/aromatic N) is 2. The predicted molar refractivity (Wildman–Crippen MR) is 51.1 cm³/mol. The van der Waals surface area contributed by atoms with E-state index in [0.717, 1.165) is 6.20 Å². The van der Waals surface area contributed by atoms with Crippen LogP contribution in [-0.4, -0.2) is 23.6 Å². The molecule has 2 N–H and O–H groups in total. The van der Waals surface area contributed by atoms with Gasteiger partial charge in [-0.2, -0.15) is 18.2 Å². The van der Waals surface area contributed by atoms with Crippen LogP contribution in [0.5, 0.6) is 5.88 Å². The van der Waals surface area contributed by atoms with E-state index in [2.05, 4.69) is 9.97 Å². The Kier molecular flexibility index (Phi) is 3.69. The van der Waals surface area contributed by atoms with E-state index in [9.17, 15) is 13.2 Å². The molecule has 1 rings (SSSR count). The van der Waals surface area contributed by atoms with E-state index in [4.69, 9.17) is 10.5 Å². The van der Waals surface area contributed by atoms with Crippen LogP contribution in [0.2, 0.25) is 0 Å². The van der Waals surface area contributed by atoms with Gasteiger partial charge in [-0.1, -0.05) is 6.92 Å². The van der Waals surface area contributed by atoms with Crippen LogP contribution < -0.4 is 10.5 Å². The number of hydrogen-bond acceptors (Lipinski definition) is 4. The zero-order valence-corrected chi connectivity index (χ0v) is 8.88. The van der Waals surface area contributed by atoms with Crippen molar-refractivity contribution in [3.05, 3.63) is 17.6 Å². The van der Waals surface area contributed by atoms with E-state index in [0.29, 0.717) is 5.56 Å². The van der Waals surface area contributed by atoms with Gasteiger partial charge in [0.2, 0.25) is 11.7 Å². The highest BCUT2D eigenvalue weighted by Crippen LogP contribution is 2.30. The van der Waals surface area contributed by atoms with Crippen molar-refractivity contribution in [2.45, 2.75) is 19.0 Å². The second kappa shape index (κ2) is 4.65. The molecule has 90 valence electrons. The van der Waals surface area contributed by atoms with Crippen molar-refractivity contribution in [3.63, 3.8) is 0 Å². The zero-order valence-electron chi connectivity index (χ0n) is 8.88. The van der Waals surface area contributed by atoms with Crippen molar-refractivity contribution < 1.29 is 17.9 Å². The molecule has 0 radical (unpaired) electrons. The minimum Gasteiger partial charge on any atom is -0.481 e. The summed E-state index contributed by atoms with van der Waals surface area (Å²) in [6.07, 6.45) is -3.47. The fraction of sp³-hybridized carbons (Fsp3) is 0.556. The number of methoxy groups -OCH3 is 1. The molecule has 0 aromatic carbocycles. The Morgan fingerprint density at radius 2 is 2.12 bits per heavy atom. The van der Waals surface area contributed by atoms with E-state index in [-0.39, 0.29) is 18.3 Å². The first-order chi connectivity index (χ1) is 7.40. The average Bonchev–Trinajstić information content (AvgIpc) is 2.26. The first-order valence-corrected chi connectivity index (χ1v) is 4.58. The summed E-state index contributed by atoms with van der Waals surface area (Å²) in [6, 6.07) is 0. The van der Waals surface area contributed by atoms with E-state index in [1.54, 1.807) is 6.92 Å². The highest BCUT2D eigenvalue weighted by Gasteiger charge is 2.35. The summed E-state index contributed by atoms with van der Waals surface area (Å²) in [5.74, 6) is -1.45. The zero-order chi connectivity index (χ0) is 12.3. The van der Waals surface area contributed by atoms with Crippen molar-refractivity contribution in [3.8, 4) is 5.88 Å². The Morgan fingerprint density at radius 3 is 2.56 bits per heavy atom. The molecule has 7 heteroatoms. The van der Waals surface area contributed by atoms with Crippen molar-refractivity contribution in [1.82, 2.24) is 9.97 Å². The minimum absolute atomic E-state index is 0.0831. The Labute approximate surface area is 90.6 Å². The topological polar surface area (TPSA) is 61.0 Å². The third-order valence-corrected chi connectivity index (χ3v) is 2.11. The van der Waals surface area contributed by atoms with E-state index in [1.165, 1.54) is 7.11 Å². The van der Waals surface area contributed by atoms with Gasteiger partial charge < -0.3 is 10.5 Å². The van der Waals surface area contributed by atoms with Crippen LogP contribution in [0, 0.1) is 0 Å². The first kappa shape index (κ1) is 12.7. The maximum Gasteiger partial charge on any atom is 0.451 e. The lowest BCUT2D eigenvalue weighted by molar-refractivity contribution is -0.145. The Hall–Kier alpha value is -1.37. The third kappa shape index (κ3) is 2.60. The van der Waals surface area contributed by atoms with Crippen LogP contribution in [0.25, 0.3) is 0 Å². The SMILES string of the molecule is COc1nc(C(F)(F)F)ncc1C(C)CN. The Balaban J connectivity index is 3.17. The maximum absolute atomic E-state index is 12.3. The van der Waals surface area contributed by atoms with Gasteiger partial charge in [0.25, 0.3) is 0 Å². The molecule has 16 heavy (non-hydrogen) atoms. The molecule has 1 heterocycles. The van der Waals surface area contributed by atoms with Crippen molar-refractivity contribution in [2.75, 3.05) is 13.7 Å². The van der Waals surface area contributed by atoms with Crippen LogP contribution in [0.1, 0.15) is 24.2 Å². The normalized spacial score (nSPS) is 13.6. The molecule has 0 fully saturated rings. The van der Waals surface area contributed by atoms with Crippen molar-refractivity contribution in [1.29, 1.82) is 0 Å². The fourth-order valence-electron chi connectivity index (χ4n) is 1.14. The van der Waals surface area contributed by atoms with E-state index in [1.807, 2.05) is 0 Å². The molecule has 4 nitrogen and oxygen atoms in total. The largest absolute Gasteiger partial charge is 0.481 e. The summed E-state index contributed by atoms with van der Waals surface area (Å²) < 4.78 is 41.7. The number of rotatable bonds is 3. The molecular weight excluding hydrogens is 223 g/mol. The summed E-state index contributed by atoms with van der Waals surface area (Å²) >= 11 is 0. The van der Waals surface area contributed by atoms with Gasteiger partial charge in [-0.25, -0.2) is 4.98 Å². The molecule has 0 bridgehead atoms. The number of hydrogen-bond donors (Lipinski definition) is 1. The average molecular weight is 235 g/mol. The molecule has 0 spiro atoms. The van der Waals surface area contributed by atoms with E-state index >= 15 is 0 Å². The Bertz CT molecular complexity index is 368. The van der Waals surface area contributed by atoms with Crippen LogP contribution in [0.15, 0.2) is 6.20 Å². The van der Waals surface area contributed by atoms with Crippen LogP contribution in [-0.2, 0) is 6.18 Å². The van der Waals surface area contributed by atoms with Crippen molar-refractivity contribution in [2.24, 2.45) is 5.73 Å². The predicted octanol–water partition coefficient (Wildman–Crippen LogP) is 1.57. The van der Waals surface area contributed by atoms with Gasteiger partial charge in [-0.15, -0.1) is 0 Å².